The summed E-state index contributed by atoms with van der Waals surface area (Å²) in [6.45, 7) is 0. The van der Waals surface area contributed by atoms with Crippen molar-refractivity contribution in [1.29, 1.82) is 0 Å². The monoisotopic (exact) mass is 296 g/mol. The summed E-state index contributed by atoms with van der Waals surface area (Å²) in [5.74, 6) is -0.518. The Kier molecular flexibility index (Phi) is 3.83. The zero-order valence-corrected chi connectivity index (χ0v) is 11.2. The smallest absolute Gasteiger partial charge is 0.255 e. The van der Waals surface area contributed by atoms with Crippen LogP contribution in [0.15, 0.2) is 36.4 Å². The summed E-state index contributed by atoms with van der Waals surface area (Å²) in [4.78, 5) is 11.9. The van der Waals surface area contributed by atoms with Crippen molar-refractivity contribution in [3.05, 3.63) is 52.0 Å². The number of benzene rings is 2. The minimum atomic E-state index is -0.381. The van der Waals surface area contributed by atoms with Gasteiger partial charge in [-0.1, -0.05) is 23.2 Å². The number of phenols is 1. The number of hydrogen-bond donors (Lipinski definition) is 3. The molecule has 0 heterocycles. The van der Waals surface area contributed by atoms with Gasteiger partial charge in [0.15, 0.2) is 0 Å². The molecule has 0 aromatic heterocycles. The van der Waals surface area contributed by atoms with Crippen molar-refractivity contribution < 1.29 is 9.90 Å². The molecule has 19 heavy (non-hydrogen) atoms. The van der Waals surface area contributed by atoms with Crippen LogP contribution in [-0.4, -0.2) is 11.0 Å². The topological polar surface area (TPSA) is 75.4 Å². The van der Waals surface area contributed by atoms with Crippen LogP contribution in [-0.2, 0) is 0 Å². The van der Waals surface area contributed by atoms with Crippen molar-refractivity contribution in [2.24, 2.45) is 0 Å². The maximum absolute atomic E-state index is 11.9. The highest BCUT2D eigenvalue weighted by Gasteiger charge is 2.09. The van der Waals surface area contributed by atoms with Crippen molar-refractivity contribution in [2.45, 2.75) is 0 Å². The number of rotatable bonds is 2. The first kappa shape index (κ1) is 13.5. The molecule has 0 aliphatic carbocycles. The molecule has 0 radical (unpaired) electrons. The first-order valence-electron chi connectivity index (χ1n) is 5.32. The number of nitrogen functional groups attached to an aromatic ring is 1. The standard InChI is InChI=1S/C13H10Cl2N2O2/c14-9-3-2-8(6-10(9)15)17-13(19)7-1-4-11(16)12(18)5-7/h1-6,18H,16H2,(H,17,19). The zero-order chi connectivity index (χ0) is 14.0. The minimum absolute atomic E-state index is 0.137. The van der Waals surface area contributed by atoms with E-state index < -0.39 is 0 Å². The first-order valence-corrected chi connectivity index (χ1v) is 6.08. The van der Waals surface area contributed by atoms with Gasteiger partial charge < -0.3 is 16.2 Å². The number of nitrogens with two attached hydrogens (primary N) is 1. The van der Waals surface area contributed by atoms with Crippen LogP contribution in [0.25, 0.3) is 0 Å². The fourth-order valence-corrected chi connectivity index (χ4v) is 1.76. The quantitative estimate of drug-likeness (QED) is 0.586. The summed E-state index contributed by atoms with van der Waals surface area (Å²) in [6.07, 6.45) is 0. The Balaban J connectivity index is 2.20. The lowest BCUT2D eigenvalue weighted by atomic mass is 10.1. The Labute approximate surface area is 119 Å². The number of anilines is 2. The Morgan fingerprint density at radius 3 is 2.47 bits per heavy atom. The van der Waals surface area contributed by atoms with Crippen molar-refractivity contribution in [1.82, 2.24) is 0 Å². The second-order valence-electron chi connectivity index (χ2n) is 3.86. The molecule has 2 aromatic rings. The van der Waals surface area contributed by atoms with Gasteiger partial charge in [0.1, 0.15) is 5.75 Å². The van der Waals surface area contributed by atoms with Gasteiger partial charge in [-0.3, -0.25) is 4.79 Å². The third-order valence-corrected chi connectivity index (χ3v) is 3.21. The van der Waals surface area contributed by atoms with Crippen LogP contribution in [0.5, 0.6) is 5.75 Å². The molecule has 4 N–H and O–H groups in total. The van der Waals surface area contributed by atoms with E-state index >= 15 is 0 Å². The molecule has 1 amide bonds. The summed E-state index contributed by atoms with van der Waals surface area (Å²) < 4.78 is 0. The number of amides is 1. The number of aromatic hydroxyl groups is 1. The van der Waals surface area contributed by atoms with E-state index in [0.29, 0.717) is 15.7 Å². The van der Waals surface area contributed by atoms with Gasteiger partial charge in [-0.25, -0.2) is 0 Å². The van der Waals surface area contributed by atoms with Gasteiger partial charge >= 0.3 is 0 Å². The summed E-state index contributed by atoms with van der Waals surface area (Å²) in [6, 6.07) is 9.02. The van der Waals surface area contributed by atoms with Crippen LogP contribution < -0.4 is 11.1 Å². The largest absolute Gasteiger partial charge is 0.506 e. The van der Waals surface area contributed by atoms with Crippen molar-refractivity contribution >= 4 is 40.5 Å². The van der Waals surface area contributed by atoms with Gasteiger partial charge in [-0.2, -0.15) is 0 Å². The van der Waals surface area contributed by atoms with Crippen LogP contribution in [0.4, 0.5) is 11.4 Å². The van der Waals surface area contributed by atoms with E-state index in [-0.39, 0.29) is 22.9 Å². The number of hydrogen-bond acceptors (Lipinski definition) is 3. The fraction of sp³-hybridized carbons (Fsp3) is 0. The van der Waals surface area contributed by atoms with Crippen molar-refractivity contribution in [2.75, 3.05) is 11.1 Å². The molecule has 2 aromatic carbocycles. The molecule has 4 nitrogen and oxygen atoms in total. The number of halogens is 2. The summed E-state index contributed by atoms with van der Waals surface area (Å²) in [5, 5.41) is 12.8. The van der Waals surface area contributed by atoms with Gasteiger partial charge in [-0.05, 0) is 36.4 Å². The van der Waals surface area contributed by atoms with E-state index in [1.165, 1.54) is 18.2 Å². The first-order chi connectivity index (χ1) is 8.97. The maximum atomic E-state index is 11.9. The predicted molar refractivity (Wildman–Crippen MR) is 76.9 cm³/mol. The third kappa shape index (κ3) is 3.10. The average molecular weight is 297 g/mol. The molecule has 0 spiro atoms. The van der Waals surface area contributed by atoms with Gasteiger partial charge in [0.2, 0.25) is 0 Å². The Morgan fingerprint density at radius 2 is 1.84 bits per heavy atom. The lowest BCUT2D eigenvalue weighted by Crippen LogP contribution is -2.11. The van der Waals surface area contributed by atoms with Gasteiger partial charge in [0, 0.05) is 11.3 Å². The predicted octanol–water partition coefficient (Wildman–Crippen LogP) is 3.53. The van der Waals surface area contributed by atoms with Crippen molar-refractivity contribution in [3.63, 3.8) is 0 Å². The molecule has 0 aliphatic rings. The Morgan fingerprint density at radius 1 is 1.11 bits per heavy atom. The van der Waals surface area contributed by atoms with Crippen LogP contribution in [0.1, 0.15) is 10.4 Å². The highest BCUT2D eigenvalue weighted by molar-refractivity contribution is 6.42. The number of carbonyl (C=O) groups is 1. The highest BCUT2D eigenvalue weighted by Crippen LogP contribution is 2.26. The Hall–Kier alpha value is -1.91. The average Bonchev–Trinajstić information content (AvgIpc) is 2.37. The highest BCUT2D eigenvalue weighted by atomic mass is 35.5. The number of phenolic OH excluding ortho intramolecular Hbond substituents is 1. The molecule has 0 unspecified atom stereocenters. The fourth-order valence-electron chi connectivity index (χ4n) is 1.46. The molecule has 6 heteroatoms. The van der Waals surface area contributed by atoms with Gasteiger partial charge in [0.25, 0.3) is 5.91 Å². The second-order valence-corrected chi connectivity index (χ2v) is 4.67. The number of nitrogens with one attached hydrogen (secondary N) is 1. The van der Waals surface area contributed by atoms with Crippen LogP contribution in [0.2, 0.25) is 10.0 Å². The third-order valence-electron chi connectivity index (χ3n) is 2.47. The summed E-state index contributed by atoms with van der Waals surface area (Å²) in [5.41, 5.74) is 6.48. The summed E-state index contributed by atoms with van der Waals surface area (Å²) >= 11 is 11.6. The van der Waals surface area contributed by atoms with E-state index in [9.17, 15) is 9.90 Å². The molecule has 0 saturated heterocycles. The Bertz CT molecular complexity index is 645. The van der Waals surface area contributed by atoms with Crippen LogP contribution >= 0.6 is 23.2 Å². The van der Waals surface area contributed by atoms with E-state index in [4.69, 9.17) is 28.9 Å². The second kappa shape index (κ2) is 5.38. The molecule has 0 fully saturated rings. The molecule has 2 rings (SSSR count). The van der Waals surface area contributed by atoms with Gasteiger partial charge in [0.05, 0.1) is 15.7 Å². The number of carbonyl (C=O) groups excluding carboxylic acids is 1. The van der Waals surface area contributed by atoms with Gasteiger partial charge in [-0.15, -0.1) is 0 Å². The molecule has 98 valence electrons. The SMILES string of the molecule is Nc1ccc(C(=O)Nc2ccc(Cl)c(Cl)c2)cc1O. The van der Waals surface area contributed by atoms with Crippen LogP contribution in [0.3, 0.4) is 0 Å². The molecule has 0 bridgehead atoms. The molecule has 0 aliphatic heterocycles. The lowest BCUT2D eigenvalue weighted by molar-refractivity contribution is 0.102. The van der Waals surface area contributed by atoms with E-state index in [2.05, 4.69) is 5.32 Å². The zero-order valence-electron chi connectivity index (χ0n) is 9.65. The summed E-state index contributed by atoms with van der Waals surface area (Å²) in [7, 11) is 0. The molecule has 0 saturated carbocycles. The molecular formula is C13H10Cl2N2O2. The lowest BCUT2D eigenvalue weighted by Gasteiger charge is -2.07. The maximum Gasteiger partial charge on any atom is 0.255 e. The van der Waals surface area contributed by atoms with E-state index in [0.717, 1.165) is 0 Å². The molecule has 0 atom stereocenters. The van der Waals surface area contributed by atoms with Crippen molar-refractivity contribution in [3.8, 4) is 5.75 Å². The van der Waals surface area contributed by atoms with E-state index in [1.54, 1.807) is 18.2 Å². The minimum Gasteiger partial charge on any atom is -0.506 e. The normalized spacial score (nSPS) is 10.2. The van der Waals surface area contributed by atoms with Crippen LogP contribution in [0, 0.1) is 0 Å². The molecular weight excluding hydrogens is 287 g/mol. The van der Waals surface area contributed by atoms with E-state index in [1.807, 2.05) is 0 Å².